The van der Waals surface area contributed by atoms with E-state index in [-0.39, 0.29) is 0 Å². The number of aryl methyl sites for hydroxylation is 1. The standard InChI is InChI=1S/C16H15Cl2N3/c1-9(2)12-8-13-19-15(17)14(16(18)21(13)20-12)11-7-5-4-6-10(11)3/h4-9H,1-3H3. The number of benzene rings is 1. The summed E-state index contributed by atoms with van der Waals surface area (Å²) < 4.78 is 1.66. The average Bonchev–Trinajstić information content (AvgIpc) is 2.85. The third-order valence-corrected chi connectivity index (χ3v) is 4.15. The molecule has 108 valence electrons. The topological polar surface area (TPSA) is 30.2 Å². The van der Waals surface area contributed by atoms with Crippen molar-refractivity contribution in [2.75, 3.05) is 0 Å². The van der Waals surface area contributed by atoms with Crippen molar-refractivity contribution in [2.24, 2.45) is 0 Å². The number of rotatable bonds is 2. The Balaban J connectivity index is 2.31. The summed E-state index contributed by atoms with van der Waals surface area (Å²) in [6.45, 7) is 6.19. The summed E-state index contributed by atoms with van der Waals surface area (Å²) in [4.78, 5) is 4.44. The lowest BCUT2D eigenvalue weighted by atomic mass is 10.0. The van der Waals surface area contributed by atoms with Gasteiger partial charge >= 0.3 is 0 Å². The van der Waals surface area contributed by atoms with E-state index in [0.717, 1.165) is 22.4 Å². The Hall–Kier alpha value is -1.58. The van der Waals surface area contributed by atoms with E-state index in [1.54, 1.807) is 4.52 Å². The SMILES string of the molecule is Cc1ccccc1-c1c(Cl)nc2cc(C(C)C)nn2c1Cl. The first kappa shape index (κ1) is 14.4. The summed E-state index contributed by atoms with van der Waals surface area (Å²) in [7, 11) is 0. The predicted molar refractivity (Wildman–Crippen MR) is 87.3 cm³/mol. The van der Waals surface area contributed by atoms with Crippen molar-refractivity contribution >= 4 is 28.8 Å². The Morgan fingerprint density at radius 1 is 1.14 bits per heavy atom. The van der Waals surface area contributed by atoms with Crippen molar-refractivity contribution in [1.82, 2.24) is 14.6 Å². The van der Waals surface area contributed by atoms with Gasteiger partial charge in [-0.3, -0.25) is 0 Å². The fraction of sp³-hybridized carbons (Fsp3) is 0.250. The van der Waals surface area contributed by atoms with E-state index in [4.69, 9.17) is 23.2 Å². The molecule has 21 heavy (non-hydrogen) atoms. The zero-order valence-electron chi connectivity index (χ0n) is 12.1. The number of halogens is 2. The molecule has 0 N–H and O–H groups in total. The summed E-state index contributed by atoms with van der Waals surface area (Å²) in [6.07, 6.45) is 0. The van der Waals surface area contributed by atoms with Gasteiger partial charge in [0.25, 0.3) is 0 Å². The van der Waals surface area contributed by atoms with Crippen molar-refractivity contribution in [2.45, 2.75) is 26.7 Å². The molecule has 2 aromatic heterocycles. The molecule has 0 spiro atoms. The first-order chi connectivity index (χ1) is 9.99. The maximum atomic E-state index is 6.55. The largest absolute Gasteiger partial charge is 0.216 e. The van der Waals surface area contributed by atoms with Crippen LogP contribution in [0.4, 0.5) is 0 Å². The van der Waals surface area contributed by atoms with E-state index >= 15 is 0 Å². The van der Waals surface area contributed by atoms with Crippen LogP contribution in [0, 0.1) is 6.92 Å². The lowest BCUT2D eigenvalue weighted by molar-refractivity contribution is 0.787. The predicted octanol–water partition coefficient (Wildman–Crippen LogP) is 5.13. The zero-order valence-corrected chi connectivity index (χ0v) is 13.6. The van der Waals surface area contributed by atoms with Gasteiger partial charge < -0.3 is 0 Å². The molecule has 0 aliphatic rings. The second-order valence-corrected chi connectivity index (χ2v) is 6.09. The second kappa shape index (κ2) is 5.32. The highest BCUT2D eigenvalue weighted by atomic mass is 35.5. The number of fused-ring (bicyclic) bond motifs is 1. The first-order valence-electron chi connectivity index (χ1n) is 6.79. The number of hydrogen-bond acceptors (Lipinski definition) is 2. The summed E-state index contributed by atoms with van der Waals surface area (Å²) in [5.74, 6) is 0.309. The molecule has 0 bridgehead atoms. The maximum absolute atomic E-state index is 6.55. The van der Waals surface area contributed by atoms with Gasteiger partial charge in [-0.15, -0.1) is 0 Å². The highest BCUT2D eigenvalue weighted by Crippen LogP contribution is 2.36. The fourth-order valence-corrected chi connectivity index (χ4v) is 2.96. The minimum atomic E-state index is 0.309. The van der Waals surface area contributed by atoms with E-state index in [2.05, 4.69) is 23.9 Å². The van der Waals surface area contributed by atoms with Crippen LogP contribution in [0.15, 0.2) is 30.3 Å². The van der Waals surface area contributed by atoms with Crippen LogP contribution < -0.4 is 0 Å². The molecule has 2 heterocycles. The number of aromatic nitrogens is 3. The van der Waals surface area contributed by atoms with Crippen molar-refractivity contribution < 1.29 is 0 Å². The molecule has 0 saturated heterocycles. The van der Waals surface area contributed by atoms with Crippen LogP contribution in [0.3, 0.4) is 0 Å². The van der Waals surface area contributed by atoms with Gasteiger partial charge in [0.2, 0.25) is 0 Å². The summed E-state index contributed by atoms with van der Waals surface area (Å²) in [6, 6.07) is 9.88. The highest BCUT2D eigenvalue weighted by Gasteiger charge is 2.18. The molecule has 0 atom stereocenters. The quantitative estimate of drug-likeness (QED) is 0.612. The molecule has 0 aliphatic heterocycles. The molecule has 5 heteroatoms. The minimum absolute atomic E-state index is 0.309. The molecule has 0 unspecified atom stereocenters. The van der Waals surface area contributed by atoms with Crippen LogP contribution in [0.25, 0.3) is 16.8 Å². The van der Waals surface area contributed by atoms with Gasteiger partial charge in [0, 0.05) is 6.07 Å². The zero-order chi connectivity index (χ0) is 15.1. The third kappa shape index (κ3) is 2.41. The van der Waals surface area contributed by atoms with Gasteiger partial charge in [-0.2, -0.15) is 5.10 Å². The highest BCUT2D eigenvalue weighted by molar-refractivity contribution is 6.38. The fourth-order valence-electron chi connectivity index (χ4n) is 2.32. The van der Waals surface area contributed by atoms with E-state index in [1.165, 1.54) is 0 Å². The summed E-state index contributed by atoms with van der Waals surface area (Å²) in [5.41, 5.74) is 4.41. The second-order valence-electron chi connectivity index (χ2n) is 5.38. The molecule has 0 amide bonds. The van der Waals surface area contributed by atoms with Crippen molar-refractivity contribution in [1.29, 1.82) is 0 Å². The summed E-state index contributed by atoms with van der Waals surface area (Å²) >= 11 is 12.9. The third-order valence-electron chi connectivity index (χ3n) is 3.53. The van der Waals surface area contributed by atoms with Gasteiger partial charge in [-0.25, -0.2) is 9.50 Å². The molecule has 0 saturated carbocycles. The first-order valence-corrected chi connectivity index (χ1v) is 7.55. The normalized spacial score (nSPS) is 11.5. The molecule has 3 nitrogen and oxygen atoms in total. The lowest BCUT2D eigenvalue weighted by Crippen LogP contribution is -1.98. The molecular formula is C16H15Cl2N3. The van der Waals surface area contributed by atoms with Crippen LogP contribution in [-0.4, -0.2) is 14.6 Å². The Labute approximate surface area is 133 Å². The van der Waals surface area contributed by atoms with Crippen molar-refractivity contribution in [3.63, 3.8) is 0 Å². The van der Waals surface area contributed by atoms with Crippen LogP contribution >= 0.6 is 23.2 Å². The van der Waals surface area contributed by atoms with Gasteiger partial charge in [0.05, 0.1) is 11.3 Å². The average molecular weight is 320 g/mol. The van der Waals surface area contributed by atoms with Gasteiger partial charge in [-0.1, -0.05) is 61.3 Å². The molecule has 1 aromatic carbocycles. The van der Waals surface area contributed by atoms with Crippen LogP contribution in [0.2, 0.25) is 10.3 Å². The van der Waals surface area contributed by atoms with Crippen LogP contribution in [0.1, 0.15) is 31.0 Å². The van der Waals surface area contributed by atoms with Crippen molar-refractivity contribution in [3.8, 4) is 11.1 Å². The maximum Gasteiger partial charge on any atom is 0.158 e. The van der Waals surface area contributed by atoms with Crippen molar-refractivity contribution in [3.05, 3.63) is 51.9 Å². The minimum Gasteiger partial charge on any atom is -0.216 e. The number of nitrogens with zero attached hydrogens (tertiary/aromatic N) is 3. The Kier molecular flexibility index (Phi) is 3.64. The van der Waals surface area contributed by atoms with Gasteiger partial charge in [0.1, 0.15) is 10.3 Å². The van der Waals surface area contributed by atoms with Crippen LogP contribution in [0.5, 0.6) is 0 Å². The van der Waals surface area contributed by atoms with E-state index in [9.17, 15) is 0 Å². The molecular weight excluding hydrogens is 305 g/mol. The van der Waals surface area contributed by atoms with E-state index in [1.807, 2.05) is 37.3 Å². The Morgan fingerprint density at radius 3 is 2.52 bits per heavy atom. The Morgan fingerprint density at radius 2 is 1.86 bits per heavy atom. The summed E-state index contributed by atoms with van der Waals surface area (Å²) in [5, 5.41) is 5.42. The lowest BCUT2D eigenvalue weighted by Gasteiger charge is -2.10. The smallest absolute Gasteiger partial charge is 0.158 e. The van der Waals surface area contributed by atoms with E-state index in [0.29, 0.717) is 21.9 Å². The van der Waals surface area contributed by atoms with E-state index < -0.39 is 0 Å². The Bertz CT molecular complexity index is 822. The molecule has 3 rings (SSSR count). The molecule has 0 fully saturated rings. The molecule has 0 aliphatic carbocycles. The van der Waals surface area contributed by atoms with Gasteiger partial charge in [-0.05, 0) is 24.0 Å². The monoisotopic (exact) mass is 319 g/mol. The molecule has 0 radical (unpaired) electrons. The van der Waals surface area contributed by atoms with Gasteiger partial charge in [0.15, 0.2) is 5.65 Å². The molecule has 3 aromatic rings. The van der Waals surface area contributed by atoms with Crippen LogP contribution in [-0.2, 0) is 0 Å². The number of hydrogen-bond donors (Lipinski definition) is 0.